The second-order valence-electron chi connectivity index (χ2n) is 6.78. The summed E-state index contributed by atoms with van der Waals surface area (Å²) in [4.78, 5) is 11.6. The van der Waals surface area contributed by atoms with Crippen LogP contribution in [0.2, 0.25) is 0 Å². The van der Waals surface area contributed by atoms with Crippen molar-refractivity contribution in [3.8, 4) is 0 Å². The molecule has 0 radical (unpaired) electrons. The van der Waals surface area contributed by atoms with Gasteiger partial charge in [0.1, 0.15) is 5.82 Å². The molecule has 116 valence electrons. The van der Waals surface area contributed by atoms with Gasteiger partial charge in [0.15, 0.2) is 0 Å². The molecule has 3 rings (SSSR count). The minimum atomic E-state index is 0.653. The summed E-state index contributed by atoms with van der Waals surface area (Å²) in [6.07, 6.45) is 11.9. The first-order valence-electron chi connectivity index (χ1n) is 8.55. The molecule has 1 aromatic rings. The van der Waals surface area contributed by atoms with Gasteiger partial charge in [0.05, 0.1) is 0 Å². The van der Waals surface area contributed by atoms with E-state index in [-0.39, 0.29) is 0 Å². The summed E-state index contributed by atoms with van der Waals surface area (Å²) in [5.74, 6) is 1.89. The third kappa shape index (κ3) is 3.14. The largest absolute Gasteiger partial charge is 0.356 e. The summed E-state index contributed by atoms with van der Waals surface area (Å²) in [6.45, 7) is 7.38. The number of nitrogens with zero attached hydrogens (tertiary/aromatic N) is 3. The van der Waals surface area contributed by atoms with Gasteiger partial charge in [-0.05, 0) is 44.9 Å². The van der Waals surface area contributed by atoms with Crippen LogP contribution < -0.4 is 10.2 Å². The highest BCUT2D eigenvalue weighted by Gasteiger charge is 2.36. The van der Waals surface area contributed by atoms with Crippen LogP contribution in [0.15, 0.2) is 6.20 Å². The number of piperidine rings is 1. The van der Waals surface area contributed by atoms with Gasteiger partial charge in [-0.15, -0.1) is 0 Å². The second kappa shape index (κ2) is 6.20. The Morgan fingerprint density at radius 1 is 1.14 bits per heavy atom. The predicted octanol–water partition coefficient (Wildman–Crippen LogP) is 3.77. The van der Waals surface area contributed by atoms with Crippen LogP contribution in [0, 0.1) is 12.3 Å². The predicted molar refractivity (Wildman–Crippen MR) is 87.9 cm³/mol. The van der Waals surface area contributed by atoms with Gasteiger partial charge < -0.3 is 10.2 Å². The fraction of sp³-hybridized carbons (Fsp3) is 0.765. The Balaban J connectivity index is 1.70. The summed E-state index contributed by atoms with van der Waals surface area (Å²) < 4.78 is 0. The van der Waals surface area contributed by atoms with Gasteiger partial charge in [-0.1, -0.05) is 19.3 Å². The van der Waals surface area contributed by atoms with Crippen molar-refractivity contribution in [1.29, 1.82) is 0 Å². The lowest BCUT2D eigenvalue weighted by Gasteiger charge is -2.45. The molecule has 1 aromatic heterocycles. The minimum absolute atomic E-state index is 0.653. The van der Waals surface area contributed by atoms with Gasteiger partial charge in [0, 0.05) is 31.4 Å². The molecule has 1 saturated carbocycles. The molecule has 2 aliphatic rings. The number of aromatic nitrogens is 2. The third-order valence-corrected chi connectivity index (χ3v) is 5.32. The van der Waals surface area contributed by atoms with Gasteiger partial charge in [-0.25, -0.2) is 4.98 Å². The van der Waals surface area contributed by atoms with Crippen molar-refractivity contribution < 1.29 is 0 Å². The zero-order valence-corrected chi connectivity index (χ0v) is 13.5. The number of aryl methyl sites for hydroxylation is 1. The van der Waals surface area contributed by atoms with Crippen molar-refractivity contribution >= 4 is 11.8 Å². The zero-order valence-electron chi connectivity index (χ0n) is 13.5. The summed E-state index contributed by atoms with van der Waals surface area (Å²) in [5, 5.41) is 3.22. The summed E-state index contributed by atoms with van der Waals surface area (Å²) in [6, 6.07) is 0. The molecular formula is C17H28N4. The van der Waals surface area contributed by atoms with E-state index in [4.69, 9.17) is 4.98 Å². The molecule has 2 heterocycles. The van der Waals surface area contributed by atoms with Gasteiger partial charge in [-0.2, -0.15) is 4.98 Å². The Morgan fingerprint density at radius 3 is 2.52 bits per heavy atom. The maximum atomic E-state index is 4.72. The molecule has 0 amide bonds. The molecule has 4 nitrogen and oxygen atoms in total. The van der Waals surface area contributed by atoms with Crippen molar-refractivity contribution in [1.82, 2.24) is 9.97 Å². The SMILES string of the molecule is CCNc1ncc(C)c(N2CCC3(CCCCC3)CC2)n1. The number of rotatable bonds is 3. The topological polar surface area (TPSA) is 41.1 Å². The normalized spacial score (nSPS) is 21.5. The fourth-order valence-electron chi connectivity index (χ4n) is 3.99. The van der Waals surface area contributed by atoms with E-state index in [1.807, 2.05) is 6.20 Å². The molecule has 0 atom stereocenters. The van der Waals surface area contributed by atoms with Crippen LogP contribution in [-0.4, -0.2) is 29.6 Å². The molecule has 0 aromatic carbocycles. The zero-order chi connectivity index (χ0) is 14.7. The van der Waals surface area contributed by atoms with E-state index in [0.29, 0.717) is 5.41 Å². The quantitative estimate of drug-likeness (QED) is 0.919. The lowest BCUT2D eigenvalue weighted by Crippen LogP contribution is -2.41. The van der Waals surface area contributed by atoms with Gasteiger partial charge in [-0.3, -0.25) is 0 Å². The average Bonchev–Trinajstić information content (AvgIpc) is 2.51. The minimum Gasteiger partial charge on any atom is -0.356 e. The molecule has 21 heavy (non-hydrogen) atoms. The highest BCUT2D eigenvalue weighted by Crippen LogP contribution is 2.45. The van der Waals surface area contributed by atoms with Crippen LogP contribution >= 0.6 is 0 Å². The summed E-state index contributed by atoms with van der Waals surface area (Å²) in [5.41, 5.74) is 1.84. The summed E-state index contributed by atoms with van der Waals surface area (Å²) >= 11 is 0. The molecule has 2 fully saturated rings. The Hall–Kier alpha value is -1.32. The van der Waals surface area contributed by atoms with Crippen molar-refractivity contribution in [3.05, 3.63) is 11.8 Å². The fourth-order valence-corrected chi connectivity index (χ4v) is 3.99. The van der Waals surface area contributed by atoms with Crippen molar-refractivity contribution in [2.24, 2.45) is 5.41 Å². The van der Waals surface area contributed by atoms with E-state index < -0.39 is 0 Å². The van der Waals surface area contributed by atoms with Crippen LogP contribution in [0.25, 0.3) is 0 Å². The van der Waals surface area contributed by atoms with E-state index in [1.54, 1.807) is 0 Å². The first kappa shape index (κ1) is 14.6. The number of nitrogens with one attached hydrogen (secondary N) is 1. The molecule has 1 spiro atoms. The van der Waals surface area contributed by atoms with Gasteiger partial charge in [0.2, 0.25) is 5.95 Å². The van der Waals surface area contributed by atoms with E-state index in [9.17, 15) is 0 Å². The highest BCUT2D eigenvalue weighted by atomic mass is 15.2. The standard InChI is InChI=1S/C17H28N4/c1-3-18-16-19-13-14(2)15(20-16)21-11-9-17(10-12-21)7-5-4-6-8-17/h13H,3-12H2,1-2H3,(H,18,19,20). The highest BCUT2D eigenvalue weighted by molar-refractivity contribution is 5.49. The molecule has 1 N–H and O–H groups in total. The summed E-state index contributed by atoms with van der Waals surface area (Å²) in [7, 11) is 0. The molecule has 1 saturated heterocycles. The molecular weight excluding hydrogens is 260 g/mol. The lowest BCUT2D eigenvalue weighted by molar-refractivity contribution is 0.144. The first-order chi connectivity index (χ1) is 10.2. The number of anilines is 2. The molecule has 0 bridgehead atoms. The van der Waals surface area contributed by atoms with E-state index >= 15 is 0 Å². The molecule has 0 unspecified atom stereocenters. The average molecular weight is 288 g/mol. The maximum Gasteiger partial charge on any atom is 0.224 e. The van der Waals surface area contributed by atoms with E-state index in [1.165, 1.54) is 50.5 Å². The van der Waals surface area contributed by atoms with Crippen LogP contribution in [0.4, 0.5) is 11.8 Å². The molecule has 1 aliphatic carbocycles. The monoisotopic (exact) mass is 288 g/mol. The van der Waals surface area contributed by atoms with Gasteiger partial charge >= 0.3 is 0 Å². The Bertz CT molecular complexity index is 470. The second-order valence-corrected chi connectivity index (χ2v) is 6.78. The number of hydrogen-bond donors (Lipinski definition) is 1. The van der Waals surface area contributed by atoms with Gasteiger partial charge in [0.25, 0.3) is 0 Å². The lowest BCUT2D eigenvalue weighted by atomic mass is 9.68. The van der Waals surface area contributed by atoms with Crippen molar-refractivity contribution in [2.75, 3.05) is 29.9 Å². The first-order valence-corrected chi connectivity index (χ1v) is 8.55. The Morgan fingerprint density at radius 2 is 1.86 bits per heavy atom. The van der Waals surface area contributed by atoms with Crippen molar-refractivity contribution in [2.45, 2.75) is 58.8 Å². The van der Waals surface area contributed by atoms with Crippen molar-refractivity contribution in [3.63, 3.8) is 0 Å². The Kier molecular flexibility index (Phi) is 4.32. The number of hydrogen-bond acceptors (Lipinski definition) is 4. The maximum absolute atomic E-state index is 4.72. The van der Waals surface area contributed by atoms with Crippen LogP contribution in [0.1, 0.15) is 57.4 Å². The van der Waals surface area contributed by atoms with Crippen LogP contribution in [0.3, 0.4) is 0 Å². The third-order valence-electron chi connectivity index (χ3n) is 5.32. The molecule has 4 heteroatoms. The van der Waals surface area contributed by atoms with E-state index in [2.05, 4.69) is 29.0 Å². The van der Waals surface area contributed by atoms with E-state index in [0.717, 1.165) is 31.4 Å². The van der Waals surface area contributed by atoms with Crippen LogP contribution in [-0.2, 0) is 0 Å². The molecule has 1 aliphatic heterocycles. The van der Waals surface area contributed by atoms with Crippen LogP contribution in [0.5, 0.6) is 0 Å². The Labute approximate surface area is 128 Å². The smallest absolute Gasteiger partial charge is 0.224 e.